The number of phenols is 1. The Morgan fingerprint density at radius 2 is 1.79 bits per heavy atom. The summed E-state index contributed by atoms with van der Waals surface area (Å²) in [5.74, 6) is -1.44. The summed E-state index contributed by atoms with van der Waals surface area (Å²) in [7, 11) is 1.36. The fourth-order valence-electron chi connectivity index (χ4n) is 1.16. The standard InChI is InChI=1S/C12H14N2O5/c1-7(10(16)14-12(18)13-2)19-11(17)8-3-5-9(15)6-4-8/h3-7,15H,1-2H3,(H2,13,14,16,18)/t7-/m0/s1. The molecule has 3 amide bonds. The zero-order chi connectivity index (χ0) is 14.4. The van der Waals surface area contributed by atoms with E-state index in [1.54, 1.807) is 0 Å². The molecule has 19 heavy (non-hydrogen) atoms. The maximum atomic E-state index is 11.6. The van der Waals surface area contributed by atoms with Crippen molar-refractivity contribution >= 4 is 17.9 Å². The molecule has 0 saturated carbocycles. The molecule has 1 atom stereocenters. The number of nitrogens with one attached hydrogen (secondary N) is 2. The molecule has 1 rings (SSSR count). The molecule has 0 bridgehead atoms. The van der Waals surface area contributed by atoms with Gasteiger partial charge in [0.2, 0.25) is 0 Å². The average molecular weight is 266 g/mol. The third-order valence-electron chi connectivity index (χ3n) is 2.22. The SMILES string of the molecule is CNC(=O)NC(=O)[C@H](C)OC(=O)c1ccc(O)cc1. The second-order valence-corrected chi connectivity index (χ2v) is 3.66. The van der Waals surface area contributed by atoms with Crippen LogP contribution in [-0.2, 0) is 9.53 Å². The van der Waals surface area contributed by atoms with Gasteiger partial charge in [-0.15, -0.1) is 0 Å². The molecule has 1 aromatic carbocycles. The van der Waals surface area contributed by atoms with Gasteiger partial charge in [0.05, 0.1) is 5.56 Å². The maximum Gasteiger partial charge on any atom is 0.338 e. The number of phenolic OH excluding ortho intramolecular Hbond substituents is 1. The molecule has 1 aromatic rings. The van der Waals surface area contributed by atoms with Gasteiger partial charge in [0.15, 0.2) is 6.10 Å². The van der Waals surface area contributed by atoms with Crippen LogP contribution in [0.5, 0.6) is 5.75 Å². The van der Waals surface area contributed by atoms with Gasteiger partial charge in [-0.25, -0.2) is 9.59 Å². The Kier molecular flexibility index (Phi) is 4.87. The zero-order valence-corrected chi connectivity index (χ0v) is 10.5. The normalized spacial score (nSPS) is 11.3. The summed E-state index contributed by atoms with van der Waals surface area (Å²) in [6.45, 7) is 1.34. The summed E-state index contributed by atoms with van der Waals surface area (Å²) >= 11 is 0. The third kappa shape index (κ3) is 4.30. The molecule has 7 heteroatoms. The Morgan fingerprint density at radius 1 is 1.21 bits per heavy atom. The largest absolute Gasteiger partial charge is 0.508 e. The molecule has 0 unspecified atom stereocenters. The van der Waals surface area contributed by atoms with Crippen molar-refractivity contribution in [2.24, 2.45) is 0 Å². The summed E-state index contributed by atoms with van der Waals surface area (Å²) < 4.78 is 4.87. The smallest absolute Gasteiger partial charge is 0.338 e. The number of rotatable bonds is 3. The van der Waals surface area contributed by atoms with E-state index in [1.807, 2.05) is 5.32 Å². The molecular weight excluding hydrogens is 252 g/mol. The zero-order valence-electron chi connectivity index (χ0n) is 10.5. The van der Waals surface area contributed by atoms with Gasteiger partial charge in [0.1, 0.15) is 5.75 Å². The lowest BCUT2D eigenvalue weighted by atomic mass is 10.2. The molecule has 3 N–H and O–H groups in total. The lowest BCUT2D eigenvalue weighted by Crippen LogP contribution is -2.43. The Morgan fingerprint density at radius 3 is 2.32 bits per heavy atom. The van der Waals surface area contributed by atoms with Crippen molar-refractivity contribution in [3.63, 3.8) is 0 Å². The van der Waals surface area contributed by atoms with Crippen LogP contribution in [0, 0.1) is 0 Å². The second-order valence-electron chi connectivity index (χ2n) is 3.66. The summed E-state index contributed by atoms with van der Waals surface area (Å²) in [5, 5.41) is 13.3. The van der Waals surface area contributed by atoms with Crippen LogP contribution in [0.2, 0.25) is 0 Å². The van der Waals surface area contributed by atoms with Crippen LogP contribution in [0.4, 0.5) is 4.79 Å². The molecule has 102 valence electrons. The molecule has 0 aromatic heterocycles. The lowest BCUT2D eigenvalue weighted by Gasteiger charge is -2.12. The van der Waals surface area contributed by atoms with E-state index in [9.17, 15) is 14.4 Å². The Balaban J connectivity index is 2.59. The van der Waals surface area contributed by atoms with Crippen LogP contribution in [0.1, 0.15) is 17.3 Å². The monoisotopic (exact) mass is 266 g/mol. The van der Waals surface area contributed by atoms with E-state index >= 15 is 0 Å². The highest BCUT2D eigenvalue weighted by molar-refractivity contribution is 5.98. The summed E-state index contributed by atoms with van der Waals surface area (Å²) in [4.78, 5) is 34.0. The van der Waals surface area contributed by atoms with Gasteiger partial charge in [-0.3, -0.25) is 10.1 Å². The molecule has 0 saturated heterocycles. The van der Waals surface area contributed by atoms with Crippen LogP contribution >= 0.6 is 0 Å². The van der Waals surface area contributed by atoms with Crippen LogP contribution in [0.15, 0.2) is 24.3 Å². The summed E-state index contributed by atoms with van der Waals surface area (Å²) in [5.41, 5.74) is 0.192. The van der Waals surface area contributed by atoms with Crippen molar-refractivity contribution < 1.29 is 24.2 Å². The van der Waals surface area contributed by atoms with E-state index in [-0.39, 0.29) is 11.3 Å². The van der Waals surface area contributed by atoms with Crippen LogP contribution in [0.25, 0.3) is 0 Å². The first-order valence-electron chi connectivity index (χ1n) is 5.46. The first-order chi connectivity index (χ1) is 8.93. The fraction of sp³-hybridized carbons (Fsp3) is 0.250. The average Bonchev–Trinajstić information content (AvgIpc) is 2.38. The van der Waals surface area contributed by atoms with Crippen molar-refractivity contribution in [2.75, 3.05) is 7.05 Å². The number of benzene rings is 1. The van der Waals surface area contributed by atoms with Crippen molar-refractivity contribution in [1.29, 1.82) is 0 Å². The topological polar surface area (TPSA) is 105 Å². The number of hydrogen-bond donors (Lipinski definition) is 3. The minimum absolute atomic E-state index is 0.0157. The number of aromatic hydroxyl groups is 1. The van der Waals surface area contributed by atoms with Crippen LogP contribution in [-0.4, -0.2) is 36.2 Å². The fourth-order valence-corrected chi connectivity index (χ4v) is 1.16. The van der Waals surface area contributed by atoms with Crippen molar-refractivity contribution in [3.05, 3.63) is 29.8 Å². The number of ether oxygens (including phenoxy) is 1. The predicted octanol–water partition coefficient (Wildman–Crippen LogP) is 0.393. The Bertz CT molecular complexity index is 483. The molecule has 0 radical (unpaired) electrons. The van der Waals surface area contributed by atoms with Crippen molar-refractivity contribution in [1.82, 2.24) is 10.6 Å². The predicted molar refractivity (Wildman–Crippen MR) is 65.6 cm³/mol. The Hall–Kier alpha value is -2.57. The van der Waals surface area contributed by atoms with Crippen molar-refractivity contribution in [3.8, 4) is 5.75 Å². The number of urea groups is 1. The van der Waals surface area contributed by atoms with Crippen molar-refractivity contribution in [2.45, 2.75) is 13.0 Å². The molecule has 0 aliphatic heterocycles. The molecule has 0 spiro atoms. The highest BCUT2D eigenvalue weighted by Gasteiger charge is 2.20. The van der Waals surface area contributed by atoms with Gasteiger partial charge in [-0.2, -0.15) is 0 Å². The number of imide groups is 1. The summed E-state index contributed by atoms with van der Waals surface area (Å²) in [6.07, 6.45) is -1.11. The number of carbonyl (C=O) groups excluding carboxylic acids is 3. The number of esters is 1. The molecular formula is C12H14N2O5. The van der Waals surface area contributed by atoms with Gasteiger partial charge in [0, 0.05) is 7.05 Å². The summed E-state index contributed by atoms with van der Waals surface area (Å²) in [6, 6.07) is 4.69. The van der Waals surface area contributed by atoms with Gasteiger partial charge >= 0.3 is 12.0 Å². The van der Waals surface area contributed by atoms with E-state index in [0.717, 1.165) is 0 Å². The molecule has 0 fully saturated rings. The number of amides is 3. The first kappa shape index (κ1) is 14.5. The van der Waals surface area contributed by atoms with Crippen LogP contribution in [0.3, 0.4) is 0 Å². The number of hydrogen-bond acceptors (Lipinski definition) is 5. The highest BCUT2D eigenvalue weighted by Crippen LogP contribution is 2.11. The van der Waals surface area contributed by atoms with E-state index in [0.29, 0.717) is 0 Å². The van der Waals surface area contributed by atoms with E-state index in [1.165, 1.54) is 38.2 Å². The minimum Gasteiger partial charge on any atom is -0.508 e. The molecule has 0 heterocycles. The van der Waals surface area contributed by atoms with E-state index in [2.05, 4.69) is 5.32 Å². The molecule has 0 aliphatic carbocycles. The van der Waals surface area contributed by atoms with Crippen LogP contribution < -0.4 is 10.6 Å². The lowest BCUT2D eigenvalue weighted by molar-refractivity contribution is -0.127. The molecule has 7 nitrogen and oxygen atoms in total. The quantitative estimate of drug-likeness (QED) is 0.686. The minimum atomic E-state index is -1.11. The molecule has 0 aliphatic rings. The van der Waals surface area contributed by atoms with Gasteiger partial charge in [-0.1, -0.05) is 0 Å². The maximum absolute atomic E-state index is 11.6. The second kappa shape index (κ2) is 6.39. The van der Waals surface area contributed by atoms with Gasteiger partial charge in [-0.05, 0) is 31.2 Å². The van der Waals surface area contributed by atoms with E-state index in [4.69, 9.17) is 9.84 Å². The van der Waals surface area contributed by atoms with E-state index < -0.39 is 24.0 Å². The third-order valence-corrected chi connectivity index (χ3v) is 2.22. The van der Waals surface area contributed by atoms with Gasteiger partial charge in [0.25, 0.3) is 5.91 Å². The Labute approximate surface area is 109 Å². The van der Waals surface area contributed by atoms with Gasteiger partial charge < -0.3 is 15.2 Å². The highest BCUT2D eigenvalue weighted by atomic mass is 16.5. The first-order valence-corrected chi connectivity index (χ1v) is 5.46. The number of carbonyl (C=O) groups is 3.